The van der Waals surface area contributed by atoms with Gasteiger partial charge in [0.05, 0.1) is 5.69 Å². The fourth-order valence-corrected chi connectivity index (χ4v) is 5.16. The van der Waals surface area contributed by atoms with E-state index in [1.165, 1.54) is 0 Å². The number of halogens is 2. The Bertz CT molecular complexity index is 678. The molecule has 0 bridgehead atoms. The highest BCUT2D eigenvalue weighted by atomic mass is 79.9. The smallest absolute Gasteiger partial charge is 0.271 e. The van der Waals surface area contributed by atoms with Crippen LogP contribution in [0.25, 0.3) is 0 Å². The van der Waals surface area contributed by atoms with Crippen LogP contribution >= 0.6 is 43.2 Å². The largest absolute Gasteiger partial charge is 0.326 e. The van der Waals surface area contributed by atoms with Gasteiger partial charge in [-0.2, -0.15) is 0 Å². The van der Waals surface area contributed by atoms with Crippen molar-refractivity contribution in [1.29, 1.82) is 0 Å². The maximum absolute atomic E-state index is 12.3. The van der Waals surface area contributed by atoms with Crippen LogP contribution in [0.5, 0.6) is 0 Å². The van der Waals surface area contributed by atoms with Crippen LogP contribution in [0, 0.1) is 0 Å². The summed E-state index contributed by atoms with van der Waals surface area (Å²) in [7, 11) is -3.59. The number of anilines is 1. The maximum Gasteiger partial charge on any atom is 0.271 e. The molecule has 8 heteroatoms. The van der Waals surface area contributed by atoms with Gasteiger partial charge >= 0.3 is 0 Å². The van der Waals surface area contributed by atoms with Gasteiger partial charge in [0, 0.05) is 15.5 Å². The zero-order valence-corrected chi connectivity index (χ0v) is 14.4. The number of nitrogens with one attached hydrogen (secondary N) is 1. The molecule has 2 aromatic rings. The van der Waals surface area contributed by atoms with E-state index in [1.54, 1.807) is 23.6 Å². The van der Waals surface area contributed by atoms with Crippen LogP contribution in [-0.2, 0) is 16.6 Å². The number of hydrogen-bond acceptors (Lipinski definition) is 4. The Balaban J connectivity index is 2.36. The van der Waals surface area contributed by atoms with Gasteiger partial charge < -0.3 is 5.73 Å². The van der Waals surface area contributed by atoms with E-state index in [4.69, 9.17) is 5.73 Å². The molecular weight excluding hydrogens is 416 g/mol. The van der Waals surface area contributed by atoms with E-state index < -0.39 is 10.0 Å². The predicted octanol–water partition coefficient (Wildman–Crippen LogP) is 3.53. The Labute approximate surface area is 132 Å². The highest BCUT2D eigenvalue weighted by Gasteiger charge is 2.19. The van der Waals surface area contributed by atoms with E-state index in [2.05, 4.69) is 36.6 Å². The average molecular weight is 426 g/mol. The van der Waals surface area contributed by atoms with E-state index in [0.717, 1.165) is 16.9 Å². The summed E-state index contributed by atoms with van der Waals surface area (Å²) in [5.41, 5.74) is 6.76. The van der Waals surface area contributed by atoms with Gasteiger partial charge in [-0.1, -0.05) is 6.07 Å². The lowest BCUT2D eigenvalue weighted by Crippen LogP contribution is -2.12. The summed E-state index contributed by atoms with van der Waals surface area (Å²) in [4.78, 5) is 0. The maximum atomic E-state index is 12.3. The highest BCUT2D eigenvalue weighted by Crippen LogP contribution is 2.33. The zero-order chi connectivity index (χ0) is 14.0. The molecule has 0 radical (unpaired) electrons. The number of para-hydroxylation sites is 1. The molecule has 3 N–H and O–H groups in total. The monoisotopic (exact) mass is 424 g/mol. The first-order valence-corrected chi connectivity index (χ1v) is 9.13. The molecule has 0 atom stereocenters. The summed E-state index contributed by atoms with van der Waals surface area (Å²) < 4.78 is 28.6. The van der Waals surface area contributed by atoms with E-state index in [1.807, 2.05) is 6.07 Å². The minimum atomic E-state index is -3.59. The molecule has 0 saturated carbocycles. The van der Waals surface area contributed by atoms with Gasteiger partial charge in [0.15, 0.2) is 0 Å². The number of nitrogens with two attached hydrogens (primary N) is 1. The van der Waals surface area contributed by atoms with Gasteiger partial charge in [-0.15, -0.1) is 11.3 Å². The number of thiophene rings is 1. The lowest BCUT2D eigenvalue weighted by atomic mass is 10.3. The third-order valence-corrected chi connectivity index (χ3v) is 6.49. The molecule has 1 heterocycles. The fraction of sp³-hybridized carbons (Fsp3) is 0.0909. The van der Waals surface area contributed by atoms with Crippen molar-refractivity contribution in [3.05, 3.63) is 44.2 Å². The molecule has 0 aliphatic rings. The lowest BCUT2D eigenvalue weighted by molar-refractivity contribution is 0.603. The molecule has 1 aromatic carbocycles. The van der Waals surface area contributed by atoms with Crippen LogP contribution in [0.4, 0.5) is 5.69 Å². The summed E-state index contributed by atoms with van der Waals surface area (Å²) in [6, 6.07) is 6.92. The van der Waals surface area contributed by atoms with Gasteiger partial charge in [-0.3, -0.25) is 4.72 Å². The van der Waals surface area contributed by atoms with Crippen molar-refractivity contribution in [2.75, 3.05) is 4.72 Å². The summed E-state index contributed by atoms with van der Waals surface area (Å²) in [6.07, 6.45) is 0. The first kappa shape index (κ1) is 15.0. The highest BCUT2D eigenvalue weighted by molar-refractivity contribution is 9.11. The van der Waals surface area contributed by atoms with E-state index in [9.17, 15) is 8.42 Å². The van der Waals surface area contributed by atoms with Gasteiger partial charge in [0.1, 0.15) is 4.21 Å². The second-order valence-electron chi connectivity index (χ2n) is 3.68. The molecule has 4 nitrogen and oxygen atoms in total. The van der Waals surface area contributed by atoms with Crippen LogP contribution in [0.15, 0.2) is 42.8 Å². The van der Waals surface area contributed by atoms with Crippen molar-refractivity contribution in [2.45, 2.75) is 10.8 Å². The van der Waals surface area contributed by atoms with Crippen LogP contribution < -0.4 is 10.5 Å². The standard InChI is InChI=1S/C11H10Br2N2O2S2/c12-8-2-1-3-9(13)11(8)15-19(16,17)10-4-7(5-14)6-18-10/h1-4,6,15H,5,14H2. The van der Waals surface area contributed by atoms with Crippen molar-refractivity contribution < 1.29 is 8.42 Å². The number of rotatable bonds is 4. The fourth-order valence-electron chi connectivity index (χ4n) is 1.38. The first-order valence-electron chi connectivity index (χ1n) is 5.18. The molecule has 0 aliphatic carbocycles. The van der Waals surface area contributed by atoms with E-state index in [0.29, 0.717) is 21.2 Å². The van der Waals surface area contributed by atoms with Crippen LogP contribution in [-0.4, -0.2) is 8.42 Å². The molecule has 0 saturated heterocycles. The Hall–Kier alpha value is -0.410. The Morgan fingerprint density at radius 3 is 2.42 bits per heavy atom. The van der Waals surface area contributed by atoms with Gasteiger partial charge in [0.25, 0.3) is 10.0 Å². The molecule has 0 unspecified atom stereocenters. The van der Waals surface area contributed by atoms with Crippen molar-refractivity contribution in [2.24, 2.45) is 5.73 Å². The Kier molecular flexibility index (Phi) is 4.67. The molecule has 0 amide bonds. The minimum Gasteiger partial charge on any atom is -0.326 e. The average Bonchev–Trinajstić information content (AvgIpc) is 2.83. The van der Waals surface area contributed by atoms with Gasteiger partial charge in [-0.25, -0.2) is 8.42 Å². The van der Waals surface area contributed by atoms with Crippen LogP contribution in [0.2, 0.25) is 0 Å². The van der Waals surface area contributed by atoms with Crippen molar-refractivity contribution in [3.8, 4) is 0 Å². The number of benzene rings is 1. The molecule has 102 valence electrons. The Morgan fingerprint density at radius 1 is 1.26 bits per heavy atom. The van der Waals surface area contributed by atoms with Crippen molar-refractivity contribution in [1.82, 2.24) is 0 Å². The SMILES string of the molecule is NCc1csc(S(=O)(=O)Nc2c(Br)cccc2Br)c1. The summed E-state index contributed by atoms with van der Waals surface area (Å²) in [5.74, 6) is 0. The van der Waals surface area contributed by atoms with Crippen molar-refractivity contribution in [3.63, 3.8) is 0 Å². The number of sulfonamides is 1. The van der Waals surface area contributed by atoms with Crippen molar-refractivity contribution >= 4 is 58.9 Å². The lowest BCUT2D eigenvalue weighted by Gasteiger charge is -2.10. The zero-order valence-electron chi connectivity index (χ0n) is 9.56. The third-order valence-electron chi connectivity index (χ3n) is 2.33. The second-order valence-corrected chi connectivity index (χ2v) is 8.21. The van der Waals surface area contributed by atoms with Gasteiger partial charge in [-0.05, 0) is 61.0 Å². The predicted molar refractivity (Wildman–Crippen MR) is 84.9 cm³/mol. The molecule has 1 aromatic heterocycles. The summed E-state index contributed by atoms with van der Waals surface area (Å²) in [6.45, 7) is 0.324. The topological polar surface area (TPSA) is 72.2 Å². The second kappa shape index (κ2) is 5.92. The number of hydrogen-bond donors (Lipinski definition) is 2. The summed E-state index contributed by atoms with van der Waals surface area (Å²) >= 11 is 7.79. The normalized spacial score (nSPS) is 11.5. The molecular formula is C11H10Br2N2O2S2. The van der Waals surface area contributed by atoms with Gasteiger partial charge in [0.2, 0.25) is 0 Å². The summed E-state index contributed by atoms with van der Waals surface area (Å²) in [5, 5.41) is 1.74. The molecule has 0 aliphatic heterocycles. The molecule has 0 spiro atoms. The van der Waals surface area contributed by atoms with Crippen LogP contribution in [0.1, 0.15) is 5.56 Å². The third kappa shape index (κ3) is 3.38. The first-order chi connectivity index (χ1) is 8.94. The molecule has 2 rings (SSSR count). The Morgan fingerprint density at radius 2 is 1.89 bits per heavy atom. The van der Waals surface area contributed by atoms with E-state index >= 15 is 0 Å². The van der Waals surface area contributed by atoms with Crippen LogP contribution in [0.3, 0.4) is 0 Å². The molecule has 19 heavy (non-hydrogen) atoms. The minimum absolute atomic E-state index is 0.246. The molecule has 0 fully saturated rings. The van der Waals surface area contributed by atoms with E-state index in [-0.39, 0.29) is 4.21 Å². The quantitative estimate of drug-likeness (QED) is 0.786.